The van der Waals surface area contributed by atoms with Crippen molar-refractivity contribution in [1.29, 1.82) is 0 Å². The Labute approximate surface area is 140 Å². The summed E-state index contributed by atoms with van der Waals surface area (Å²) in [6.07, 6.45) is 0. The number of hydrogen-bond acceptors (Lipinski definition) is 3. The van der Waals surface area contributed by atoms with E-state index < -0.39 is 0 Å². The van der Waals surface area contributed by atoms with Crippen molar-refractivity contribution in [3.63, 3.8) is 0 Å². The van der Waals surface area contributed by atoms with Gasteiger partial charge in [0, 0.05) is 15.6 Å². The van der Waals surface area contributed by atoms with Crippen LogP contribution in [0.2, 0.25) is 5.02 Å². The van der Waals surface area contributed by atoms with Crippen LogP contribution in [0.3, 0.4) is 0 Å². The first-order valence-electron chi connectivity index (χ1n) is 6.87. The second-order valence-corrected chi connectivity index (χ2v) is 6.73. The molecule has 2 rings (SSSR count). The Kier molecular flexibility index (Phi) is 5.75. The Morgan fingerprint density at radius 2 is 1.91 bits per heavy atom. The maximum atomic E-state index is 12.3. The van der Waals surface area contributed by atoms with E-state index in [1.807, 2.05) is 50.2 Å². The fourth-order valence-electron chi connectivity index (χ4n) is 1.88. The first kappa shape index (κ1) is 16.7. The number of anilines is 1. The first-order valence-corrected chi connectivity index (χ1v) is 8.13. The molecule has 1 N–H and O–H groups in total. The summed E-state index contributed by atoms with van der Waals surface area (Å²) in [4.78, 5) is 13.3. The molecule has 0 saturated carbocycles. The van der Waals surface area contributed by atoms with Gasteiger partial charge in [0.2, 0.25) is 5.91 Å². The number of amides is 1. The summed E-state index contributed by atoms with van der Waals surface area (Å²) in [5.74, 6) is 0.752. The molecular formula is C17H18ClNO2S. The average molecular weight is 336 g/mol. The molecule has 5 heteroatoms. The number of halogens is 1. The number of aryl methyl sites for hydroxylation is 1. The number of methoxy groups -OCH3 is 1. The largest absolute Gasteiger partial charge is 0.497 e. The van der Waals surface area contributed by atoms with E-state index in [9.17, 15) is 4.79 Å². The van der Waals surface area contributed by atoms with Gasteiger partial charge in [0.05, 0.1) is 12.4 Å². The SMILES string of the molecule is COc1ccc(SC(C)C(=O)Nc2cc(Cl)ccc2C)cc1. The molecule has 0 fully saturated rings. The monoisotopic (exact) mass is 335 g/mol. The van der Waals surface area contributed by atoms with E-state index in [2.05, 4.69) is 5.32 Å². The molecule has 1 amide bonds. The lowest BCUT2D eigenvalue weighted by Crippen LogP contribution is -2.22. The van der Waals surface area contributed by atoms with E-state index in [-0.39, 0.29) is 11.2 Å². The van der Waals surface area contributed by atoms with Crippen LogP contribution in [0.4, 0.5) is 5.69 Å². The third-order valence-corrected chi connectivity index (χ3v) is 4.55. The quantitative estimate of drug-likeness (QED) is 0.799. The summed E-state index contributed by atoms with van der Waals surface area (Å²) in [6.45, 7) is 3.82. The Bertz CT molecular complexity index is 658. The topological polar surface area (TPSA) is 38.3 Å². The van der Waals surface area contributed by atoms with Gasteiger partial charge in [0.1, 0.15) is 5.75 Å². The van der Waals surface area contributed by atoms with E-state index >= 15 is 0 Å². The van der Waals surface area contributed by atoms with Crippen LogP contribution in [0.5, 0.6) is 5.75 Å². The summed E-state index contributed by atoms with van der Waals surface area (Å²) in [5, 5.41) is 3.32. The summed E-state index contributed by atoms with van der Waals surface area (Å²) >= 11 is 7.47. The van der Waals surface area contributed by atoms with Crippen molar-refractivity contribution < 1.29 is 9.53 Å². The molecule has 22 heavy (non-hydrogen) atoms. The fraction of sp³-hybridized carbons (Fsp3) is 0.235. The van der Waals surface area contributed by atoms with Crippen molar-refractivity contribution >= 4 is 35.0 Å². The Morgan fingerprint density at radius 3 is 2.55 bits per heavy atom. The fourth-order valence-corrected chi connectivity index (χ4v) is 2.91. The third-order valence-electron chi connectivity index (χ3n) is 3.20. The Balaban J connectivity index is 2.00. The number of benzene rings is 2. The Morgan fingerprint density at radius 1 is 1.23 bits per heavy atom. The van der Waals surface area contributed by atoms with Crippen molar-refractivity contribution in [3.05, 3.63) is 53.1 Å². The van der Waals surface area contributed by atoms with Crippen molar-refractivity contribution in [2.24, 2.45) is 0 Å². The van der Waals surface area contributed by atoms with Gasteiger partial charge in [0.15, 0.2) is 0 Å². The van der Waals surface area contributed by atoms with Gasteiger partial charge in [-0.3, -0.25) is 4.79 Å². The maximum absolute atomic E-state index is 12.3. The van der Waals surface area contributed by atoms with Crippen molar-refractivity contribution in [2.75, 3.05) is 12.4 Å². The number of rotatable bonds is 5. The van der Waals surface area contributed by atoms with Crippen molar-refractivity contribution in [3.8, 4) is 5.75 Å². The lowest BCUT2D eigenvalue weighted by Gasteiger charge is -2.14. The zero-order valence-electron chi connectivity index (χ0n) is 12.7. The van der Waals surface area contributed by atoms with Crippen LogP contribution in [-0.2, 0) is 4.79 Å². The molecule has 116 valence electrons. The van der Waals surface area contributed by atoms with E-state index in [1.54, 1.807) is 13.2 Å². The average Bonchev–Trinajstić information content (AvgIpc) is 2.51. The minimum atomic E-state index is -0.216. The van der Waals surface area contributed by atoms with E-state index in [4.69, 9.17) is 16.3 Å². The number of nitrogens with one attached hydrogen (secondary N) is 1. The molecule has 2 aromatic rings. The summed E-state index contributed by atoms with van der Waals surface area (Å²) < 4.78 is 5.12. The summed E-state index contributed by atoms with van der Waals surface area (Å²) in [7, 11) is 1.63. The van der Waals surface area contributed by atoms with Crippen LogP contribution >= 0.6 is 23.4 Å². The Hall–Kier alpha value is -1.65. The molecule has 1 atom stereocenters. The molecule has 0 aromatic heterocycles. The van der Waals surface area contributed by atoms with Gasteiger partial charge in [0.25, 0.3) is 0 Å². The van der Waals surface area contributed by atoms with Gasteiger partial charge >= 0.3 is 0 Å². The molecule has 0 bridgehead atoms. The van der Waals surface area contributed by atoms with Gasteiger partial charge < -0.3 is 10.1 Å². The number of ether oxygens (including phenoxy) is 1. The van der Waals surface area contributed by atoms with Gasteiger partial charge in [-0.05, 0) is 55.8 Å². The molecule has 0 spiro atoms. The molecule has 0 heterocycles. The van der Waals surface area contributed by atoms with Crippen LogP contribution in [-0.4, -0.2) is 18.3 Å². The highest BCUT2D eigenvalue weighted by molar-refractivity contribution is 8.00. The van der Waals surface area contributed by atoms with Crippen LogP contribution in [0, 0.1) is 6.92 Å². The molecule has 0 aliphatic rings. The molecule has 1 unspecified atom stereocenters. The summed E-state index contributed by atoms with van der Waals surface area (Å²) in [5.41, 5.74) is 1.74. The van der Waals surface area contributed by atoms with Gasteiger partial charge in [-0.15, -0.1) is 11.8 Å². The van der Waals surface area contributed by atoms with Crippen LogP contribution in [0.15, 0.2) is 47.4 Å². The van der Waals surface area contributed by atoms with Crippen LogP contribution in [0.25, 0.3) is 0 Å². The highest BCUT2D eigenvalue weighted by Crippen LogP contribution is 2.27. The lowest BCUT2D eigenvalue weighted by atomic mass is 10.2. The molecular weight excluding hydrogens is 318 g/mol. The number of thioether (sulfide) groups is 1. The minimum absolute atomic E-state index is 0.0498. The smallest absolute Gasteiger partial charge is 0.237 e. The normalized spacial score (nSPS) is 11.8. The van der Waals surface area contributed by atoms with E-state index in [0.29, 0.717) is 5.02 Å². The molecule has 0 aliphatic heterocycles. The lowest BCUT2D eigenvalue weighted by molar-refractivity contribution is -0.115. The minimum Gasteiger partial charge on any atom is -0.497 e. The highest BCUT2D eigenvalue weighted by Gasteiger charge is 2.15. The maximum Gasteiger partial charge on any atom is 0.237 e. The van der Waals surface area contributed by atoms with E-state index in [0.717, 1.165) is 21.9 Å². The molecule has 2 aromatic carbocycles. The zero-order valence-corrected chi connectivity index (χ0v) is 14.3. The highest BCUT2D eigenvalue weighted by atomic mass is 35.5. The zero-order chi connectivity index (χ0) is 16.1. The van der Waals surface area contributed by atoms with Gasteiger partial charge in [-0.2, -0.15) is 0 Å². The van der Waals surface area contributed by atoms with E-state index in [1.165, 1.54) is 11.8 Å². The van der Waals surface area contributed by atoms with Crippen molar-refractivity contribution in [1.82, 2.24) is 0 Å². The molecule has 0 radical (unpaired) electrons. The van der Waals surface area contributed by atoms with Crippen molar-refractivity contribution in [2.45, 2.75) is 24.0 Å². The second-order valence-electron chi connectivity index (χ2n) is 4.88. The predicted octanol–water partition coefficient (Wildman–Crippen LogP) is 4.78. The first-order chi connectivity index (χ1) is 10.5. The third kappa shape index (κ3) is 4.42. The summed E-state index contributed by atoms with van der Waals surface area (Å²) in [6, 6.07) is 13.1. The van der Waals surface area contributed by atoms with Gasteiger partial charge in [-0.1, -0.05) is 17.7 Å². The standard InChI is InChI=1S/C17H18ClNO2S/c1-11-4-5-13(18)10-16(11)19-17(20)12(2)22-15-8-6-14(21-3)7-9-15/h4-10,12H,1-3H3,(H,19,20). The van der Waals surface area contributed by atoms with Gasteiger partial charge in [-0.25, -0.2) is 0 Å². The molecule has 0 aliphatic carbocycles. The van der Waals surface area contributed by atoms with Crippen LogP contribution in [0.1, 0.15) is 12.5 Å². The number of carbonyl (C=O) groups excluding carboxylic acids is 1. The number of hydrogen-bond donors (Lipinski definition) is 1. The molecule has 3 nitrogen and oxygen atoms in total. The molecule has 0 saturated heterocycles. The number of carbonyl (C=O) groups is 1. The predicted molar refractivity (Wildman–Crippen MR) is 93.1 cm³/mol. The second kappa shape index (κ2) is 7.56. The van der Waals surface area contributed by atoms with Crippen LogP contribution < -0.4 is 10.1 Å².